The number of benzene rings is 1. The van der Waals surface area contributed by atoms with Crippen LogP contribution in [0.5, 0.6) is 0 Å². The fourth-order valence-corrected chi connectivity index (χ4v) is 3.29. The largest absolute Gasteiger partial charge is 0.332 e. The first kappa shape index (κ1) is 18.8. The van der Waals surface area contributed by atoms with Gasteiger partial charge in [0.15, 0.2) is 0 Å². The van der Waals surface area contributed by atoms with Crippen LogP contribution in [0.25, 0.3) is 11.0 Å². The quantitative estimate of drug-likeness (QED) is 0.748. The van der Waals surface area contributed by atoms with Crippen molar-refractivity contribution in [1.29, 1.82) is 0 Å². The van der Waals surface area contributed by atoms with Crippen LogP contribution in [0.15, 0.2) is 33.9 Å². The van der Waals surface area contributed by atoms with E-state index in [0.29, 0.717) is 33.0 Å². The molecule has 8 heteroatoms. The van der Waals surface area contributed by atoms with Crippen molar-refractivity contribution in [3.63, 3.8) is 0 Å². The number of rotatable bonds is 3. The van der Waals surface area contributed by atoms with E-state index < -0.39 is 23.7 Å². The van der Waals surface area contributed by atoms with Crippen molar-refractivity contribution in [2.45, 2.75) is 27.3 Å². The summed E-state index contributed by atoms with van der Waals surface area (Å²) in [7, 11) is 1.53. The van der Waals surface area contributed by atoms with E-state index in [1.807, 2.05) is 6.92 Å². The molecule has 140 valence electrons. The van der Waals surface area contributed by atoms with E-state index in [0.717, 1.165) is 10.1 Å². The second-order valence-corrected chi connectivity index (χ2v) is 6.95. The Morgan fingerprint density at radius 3 is 2.56 bits per heavy atom. The number of aryl methyl sites for hydroxylation is 4. The fourth-order valence-electron chi connectivity index (χ4n) is 3.01. The molecule has 2 aromatic heterocycles. The van der Waals surface area contributed by atoms with Crippen LogP contribution in [0.4, 0.5) is 5.69 Å². The molecule has 0 saturated carbocycles. The van der Waals surface area contributed by atoms with Gasteiger partial charge in [0.25, 0.3) is 5.56 Å². The van der Waals surface area contributed by atoms with E-state index >= 15 is 0 Å². The molecule has 0 atom stereocenters. The summed E-state index contributed by atoms with van der Waals surface area (Å²) in [6.07, 6.45) is 0. The molecule has 0 aliphatic carbocycles. The van der Waals surface area contributed by atoms with Crippen LogP contribution in [0.2, 0.25) is 5.02 Å². The summed E-state index contributed by atoms with van der Waals surface area (Å²) in [4.78, 5) is 42.2. The van der Waals surface area contributed by atoms with Crippen molar-refractivity contribution in [2.24, 2.45) is 7.05 Å². The number of hydrogen-bond acceptors (Lipinski definition) is 4. The van der Waals surface area contributed by atoms with Gasteiger partial charge in [0.1, 0.15) is 12.2 Å². The zero-order valence-corrected chi connectivity index (χ0v) is 16.2. The van der Waals surface area contributed by atoms with Gasteiger partial charge in [-0.15, -0.1) is 0 Å². The van der Waals surface area contributed by atoms with E-state index in [1.165, 1.54) is 11.6 Å². The third kappa shape index (κ3) is 3.50. The zero-order chi connectivity index (χ0) is 19.9. The van der Waals surface area contributed by atoms with Crippen molar-refractivity contribution in [3.8, 4) is 0 Å². The molecular weight excluding hydrogens is 368 g/mol. The number of carbonyl (C=O) groups is 1. The molecule has 0 aliphatic rings. The van der Waals surface area contributed by atoms with Crippen LogP contribution in [-0.4, -0.2) is 20.0 Å². The summed E-state index contributed by atoms with van der Waals surface area (Å²) in [5, 5.41) is 3.35. The average molecular weight is 387 g/mol. The van der Waals surface area contributed by atoms with Crippen molar-refractivity contribution in [2.75, 3.05) is 5.32 Å². The van der Waals surface area contributed by atoms with E-state index in [4.69, 9.17) is 11.6 Å². The molecule has 7 nitrogen and oxygen atoms in total. The van der Waals surface area contributed by atoms with Gasteiger partial charge in [0, 0.05) is 12.7 Å². The van der Waals surface area contributed by atoms with Crippen molar-refractivity contribution in [1.82, 2.24) is 14.1 Å². The molecule has 0 radical (unpaired) electrons. The third-order valence-corrected chi connectivity index (χ3v) is 4.63. The first-order chi connectivity index (χ1) is 12.7. The van der Waals surface area contributed by atoms with Gasteiger partial charge in [-0.3, -0.25) is 18.7 Å². The van der Waals surface area contributed by atoms with Crippen molar-refractivity contribution < 1.29 is 4.79 Å². The Labute approximate surface area is 160 Å². The first-order valence-electron chi connectivity index (χ1n) is 8.33. The number of anilines is 1. The van der Waals surface area contributed by atoms with Crippen LogP contribution in [0, 0.1) is 20.8 Å². The number of nitrogens with one attached hydrogen (secondary N) is 1. The number of fused-ring (bicyclic) bond motifs is 1. The van der Waals surface area contributed by atoms with Crippen LogP contribution >= 0.6 is 11.6 Å². The van der Waals surface area contributed by atoms with Crippen LogP contribution in [0.1, 0.15) is 16.8 Å². The number of pyridine rings is 1. The average Bonchev–Trinajstić information content (AvgIpc) is 2.58. The minimum atomic E-state index is -0.602. The molecule has 0 bridgehead atoms. The number of nitrogens with zero attached hydrogens (tertiary/aromatic N) is 3. The Morgan fingerprint density at radius 2 is 1.89 bits per heavy atom. The molecule has 1 N–H and O–H groups in total. The monoisotopic (exact) mass is 386 g/mol. The molecule has 2 heterocycles. The van der Waals surface area contributed by atoms with E-state index in [9.17, 15) is 14.4 Å². The number of hydrogen-bond donors (Lipinski definition) is 1. The molecule has 0 saturated heterocycles. The Bertz CT molecular complexity index is 1190. The predicted molar refractivity (Wildman–Crippen MR) is 106 cm³/mol. The Hall–Kier alpha value is -2.93. The number of amides is 1. The lowest BCUT2D eigenvalue weighted by Crippen LogP contribution is -2.42. The molecule has 3 aromatic rings. The highest BCUT2D eigenvalue weighted by Gasteiger charge is 2.17. The van der Waals surface area contributed by atoms with Gasteiger partial charge in [-0.05, 0) is 50.1 Å². The van der Waals surface area contributed by atoms with Crippen LogP contribution in [0.3, 0.4) is 0 Å². The minimum absolute atomic E-state index is 0.306. The fraction of sp³-hybridized carbons (Fsp3) is 0.263. The maximum absolute atomic E-state index is 12.8. The molecular formula is C19H19ClN4O3. The highest BCUT2D eigenvalue weighted by molar-refractivity contribution is 6.33. The van der Waals surface area contributed by atoms with Crippen molar-refractivity contribution >= 4 is 34.2 Å². The lowest BCUT2D eigenvalue weighted by Gasteiger charge is -2.13. The topological polar surface area (TPSA) is 86.0 Å². The van der Waals surface area contributed by atoms with Gasteiger partial charge in [-0.25, -0.2) is 9.78 Å². The van der Waals surface area contributed by atoms with Crippen LogP contribution < -0.4 is 16.6 Å². The summed E-state index contributed by atoms with van der Waals surface area (Å²) in [6.45, 7) is 5.04. The SMILES string of the molecule is Cc1ccc(NC(=O)Cn2c(=O)c3c(C)cc(C)nc3n(C)c2=O)c(Cl)c1. The molecule has 3 rings (SSSR count). The normalized spacial score (nSPS) is 11.0. The second kappa shape index (κ2) is 7.00. The summed E-state index contributed by atoms with van der Waals surface area (Å²) < 4.78 is 2.19. The predicted octanol–water partition coefficient (Wildman–Crippen LogP) is 2.31. The van der Waals surface area contributed by atoms with E-state index in [1.54, 1.807) is 38.1 Å². The standard InChI is InChI=1S/C19H19ClN4O3/c1-10-5-6-14(13(20)7-10)22-15(25)9-24-18(26)16-11(2)8-12(3)21-17(16)23(4)19(24)27/h5-8H,9H2,1-4H3,(H,22,25). The van der Waals surface area contributed by atoms with Gasteiger partial charge in [0.2, 0.25) is 5.91 Å². The second-order valence-electron chi connectivity index (χ2n) is 6.54. The highest BCUT2D eigenvalue weighted by Crippen LogP contribution is 2.22. The molecule has 0 aliphatic heterocycles. The maximum atomic E-state index is 12.8. The lowest BCUT2D eigenvalue weighted by molar-refractivity contribution is -0.116. The smallest absolute Gasteiger partial charge is 0.323 e. The number of carbonyl (C=O) groups excluding carboxylic acids is 1. The molecule has 27 heavy (non-hydrogen) atoms. The van der Waals surface area contributed by atoms with Crippen LogP contribution in [-0.2, 0) is 18.4 Å². The number of halogens is 1. The minimum Gasteiger partial charge on any atom is -0.323 e. The highest BCUT2D eigenvalue weighted by atomic mass is 35.5. The summed E-state index contributed by atoms with van der Waals surface area (Å²) in [5.41, 5.74) is 1.95. The van der Waals surface area contributed by atoms with Gasteiger partial charge >= 0.3 is 5.69 Å². The van der Waals surface area contributed by atoms with Crippen molar-refractivity contribution in [3.05, 3.63) is 66.9 Å². The Balaban J connectivity index is 2.03. The van der Waals surface area contributed by atoms with Gasteiger partial charge in [-0.1, -0.05) is 17.7 Å². The number of aromatic nitrogens is 3. The first-order valence-corrected chi connectivity index (χ1v) is 8.70. The maximum Gasteiger partial charge on any atom is 0.332 e. The zero-order valence-electron chi connectivity index (χ0n) is 15.5. The molecule has 0 spiro atoms. The summed E-state index contributed by atoms with van der Waals surface area (Å²) >= 11 is 6.12. The van der Waals surface area contributed by atoms with Gasteiger partial charge in [0.05, 0.1) is 16.1 Å². The van der Waals surface area contributed by atoms with Gasteiger partial charge in [-0.2, -0.15) is 0 Å². The molecule has 1 amide bonds. The summed E-state index contributed by atoms with van der Waals surface area (Å²) in [5.74, 6) is -0.517. The summed E-state index contributed by atoms with van der Waals surface area (Å²) in [6, 6.07) is 6.97. The molecule has 0 unspecified atom stereocenters. The third-order valence-electron chi connectivity index (χ3n) is 4.32. The van der Waals surface area contributed by atoms with E-state index in [2.05, 4.69) is 10.3 Å². The Morgan fingerprint density at radius 1 is 1.19 bits per heavy atom. The van der Waals surface area contributed by atoms with E-state index in [-0.39, 0.29) is 0 Å². The lowest BCUT2D eigenvalue weighted by atomic mass is 10.2. The molecule has 0 fully saturated rings. The van der Waals surface area contributed by atoms with Gasteiger partial charge < -0.3 is 5.32 Å². The molecule has 1 aromatic carbocycles. The Kier molecular flexibility index (Phi) is 4.89.